The highest BCUT2D eigenvalue weighted by Crippen LogP contribution is 2.44. The van der Waals surface area contributed by atoms with Gasteiger partial charge in [-0.05, 0) is 48.4 Å². The van der Waals surface area contributed by atoms with Gasteiger partial charge < -0.3 is 5.73 Å². The van der Waals surface area contributed by atoms with E-state index in [2.05, 4.69) is 13.8 Å². The van der Waals surface area contributed by atoms with Gasteiger partial charge in [0, 0.05) is 10.6 Å². The Balaban J connectivity index is 2.28. The van der Waals surface area contributed by atoms with Gasteiger partial charge in [0.2, 0.25) is 0 Å². The van der Waals surface area contributed by atoms with E-state index in [-0.39, 0.29) is 16.8 Å². The molecule has 1 atom stereocenters. The second kappa shape index (κ2) is 4.82. The fraction of sp³-hybridized carbons (Fsp3) is 0.600. The van der Waals surface area contributed by atoms with E-state index in [9.17, 15) is 4.39 Å². The first-order chi connectivity index (χ1) is 8.34. The van der Waals surface area contributed by atoms with Gasteiger partial charge in [-0.2, -0.15) is 0 Å². The maximum absolute atomic E-state index is 13.8. The molecule has 0 bridgehead atoms. The SMILES string of the molecule is CC1(C)CCCCC1(N)Cc1cc(Cl)ccc1F. The molecular formula is C15H21ClFN. The van der Waals surface area contributed by atoms with Crippen LogP contribution in [0.5, 0.6) is 0 Å². The standard InChI is InChI=1S/C15H21ClFN/c1-14(2)7-3-4-8-15(14,18)10-11-9-12(16)5-6-13(11)17/h5-6,9H,3-4,7-8,10,18H2,1-2H3. The van der Waals surface area contributed by atoms with Gasteiger partial charge in [0.15, 0.2) is 0 Å². The Morgan fingerprint density at radius 3 is 2.61 bits per heavy atom. The zero-order chi connectivity index (χ0) is 13.4. The van der Waals surface area contributed by atoms with Crippen LogP contribution in [-0.4, -0.2) is 5.54 Å². The zero-order valence-corrected chi connectivity index (χ0v) is 11.9. The van der Waals surface area contributed by atoms with Gasteiger partial charge in [-0.15, -0.1) is 0 Å². The molecule has 1 nitrogen and oxygen atoms in total. The summed E-state index contributed by atoms with van der Waals surface area (Å²) in [6.45, 7) is 4.38. The summed E-state index contributed by atoms with van der Waals surface area (Å²) in [6.07, 6.45) is 4.95. The van der Waals surface area contributed by atoms with Crippen LogP contribution in [0.15, 0.2) is 18.2 Å². The van der Waals surface area contributed by atoms with E-state index in [1.165, 1.54) is 12.5 Å². The first-order valence-corrected chi connectivity index (χ1v) is 6.95. The van der Waals surface area contributed by atoms with Crippen LogP contribution in [0.4, 0.5) is 4.39 Å². The molecule has 0 spiro atoms. The van der Waals surface area contributed by atoms with E-state index < -0.39 is 0 Å². The van der Waals surface area contributed by atoms with Gasteiger partial charge >= 0.3 is 0 Å². The lowest BCUT2D eigenvalue weighted by Crippen LogP contribution is -2.56. The number of halogens is 2. The molecule has 18 heavy (non-hydrogen) atoms. The van der Waals surface area contributed by atoms with Crippen molar-refractivity contribution in [3.05, 3.63) is 34.6 Å². The summed E-state index contributed by atoms with van der Waals surface area (Å²) < 4.78 is 13.8. The second-order valence-electron chi connectivity index (χ2n) is 6.16. The molecule has 100 valence electrons. The average molecular weight is 270 g/mol. The Kier molecular flexibility index (Phi) is 3.70. The van der Waals surface area contributed by atoms with Crippen molar-refractivity contribution in [1.29, 1.82) is 0 Å². The van der Waals surface area contributed by atoms with Crippen LogP contribution >= 0.6 is 11.6 Å². The van der Waals surface area contributed by atoms with E-state index in [1.807, 2.05) is 0 Å². The van der Waals surface area contributed by atoms with E-state index in [4.69, 9.17) is 17.3 Å². The summed E-state index contributed by atoms with van der Waals surface area (Å²) in [7, 11) is 0. The number of hydrogen-bond acceptors (Lipinski definition) is 1. The molecule has 1 aromatic carbocycles. The minimum absolute atomic E-state index is 0.0417. The summed E-state index contributed by atoms with van der Waals surface area (Å²) in [5.74, 6) is -0.203. The number of rotatable bonds is 2. The molecule has 1 aromatic rings. The Bertz CT molecular complexity index is 444. The lowest BCUT2D eigenvalue weighted by atomic mass is 9.61. The summed E-state index contributed by atoms with van der Waals surface area (Å²) in [5.41, 5.74) is 6.92. The summed E-state index contributed by atoms with van der Waals surface area (Å²) in [5, 5.41) is 0.573. The van der Waals surface area contributed by atoms with Crippen LogP contribution in [0.1, 0.15) is 45.1 Å². The molecule has 0 aliphatic heterocycles. The fourth-order valence-electron chi connectivity index (χ4n) is 2.94. The summed E-state index contributed by atoms with van der Waals surface area (Å²) in [6, 6.07) is 4.71. The molecule has 0 saturated heterocycles. The van der Waals surface area contributed by atoms with Crippen molar-refractivity contribution in [2.45, 2.75) is 51.5 Å². The van der Waals surface area contributed by atoms with Gasteiger partial charge in [0.05, 0.1) is 0 Å². The van der Waals surface area contributed by atoms with Crippen LogP contribution < -0.4 is 5.73 Å². The largest absolute Gasteiger partial charge is 0.324 e. The molecule has 3 heteroatoms. The van der Waals surface area contributed by atoms with Crippen LogP contribution in [0.2, 0.25) is 5.02 Å². The van der Waals surface area contributed by atoms with Crippen LogP contribution in [0, 0.1) is 11.2 Å². The highest BCUT2D eigenvalue weighted by Gasteiger charge is 2.43. The highest BCUT2D eigenvalue weighted by molar-refractivity contribution is 6.30. The maximum atomic E-state index is 13.8. The predicted octanol–water partition coefficient (Wildman–Crippen LogP) is 4.32. The molecule has 1 unspecified atom stereocenters. The topological polar surface area (TPSA) is 26.0 Å². The third-order valence-electron chi connectivity index (χ3n) is 4.54. The average Bonchev–Trinajstić information content (AvgIpc) is 2.28. The number of benzene rings is 1. The quantitative estimate of drug-likeness (QED) is 0.850. The third kappa shape index (κ3) is 2.55. The molecular weight excluding hydrogens is 249 g/mol. The molecule has 0 heterocycles. The second-order valence-corrected chi connectivity index (χ2v) is 6.60. The van der Waals surface area contributed by atoms with E-state index >= 15 is 0 Å². The molecule has 0 aromatic heterocycles. The van der Waals surface area contributed by atoms with Crippen molar-refractivity contribution < 1.29 is 4.39 Å². The molecule has 0 radical (unpaired) electrons. The van der Waals surface area contributed by atoms with Gasteiger partial charge in [0.1, 0.15) is 5.82 Å². The summed E-state index contributed by atoms with van der Waals surface area (Å²) in [4.78, 5) is 0. The van der Waals surface area contributed by atoms with E-state index in [0.29, 0.717) is 17.0 Å². The van der Waals surface area contributed by atoms with Gasteiger partial charge in [0.25, 0.3) is 0 Å². The van der Waals surface area contributed by atoms with Crippen LogP contribution in [-0.2, 0) is 6.42 Å². The minimum atomic E-state index is -0.337. The predicted molar refractivity (Wildman–Crippen MR) is 74.3 cm³/mol. The Morgan fingerprint density at radius 1 is 1.28 bits per heavy atom. The van der Waals surface area contributed by atoms with Crippen molar-refractivity contribution >= 4 is 11.6 Å². The number of hydrogen-bond donors (Lipinski definition) is 1. The summed E-state index contributed by atoms with van der Waals surface area (Å²) >= 11 is 5.94. The third-order valence-corrected chi connectivity index (χ3v) is 4.77. The maximum Gasteiger partial charge on any atom is 0.126 e. The molecule has 1 aliphatic rings. The van der Waals surface area contributed by atoms with Crippen molar-refractivity contribution in [3.63, 3.8) is 0 Å². The fourth-order valence-corrected chi connectivity index (χ4v) is 3.14. The van der Waals surface area contributed by atoms with Crippen LogP contribution in [0.25, 0.3) is 0 Å². The van der Waals surface area contributed by atoms with Gasteiger partial charge in [-0.1, -0.05) is 38.3 Å². The molecule has 1 saturated carbocycles. The van der Waals surface area contributed by atoms with E-state index in [1.54, 1.807) is 12.1 Å². The molecule has 2 rings (SSSR count). The van der Waals surface area contributed by atoms with Crippen molar-refractivity contribution in [1.82, 2.24) is 0 Å². The van der Waals surface area contributed by atoms with Gasteiger partial charge in [-0.3, -0.25) is 0 Å². The first-order valence-electron chi connectivity index (χ1n) is 6.57. The van der Waals surface area contributed by atoms with Crippen molar-refractivity contribution in [2.24, 2.45) is 11.1 Å². The highest BCUT2D eigenvalue weighted by atomic mass is 35.5. The molecule has 0 amide bonds. The van der Waals surface area contributed by atoms with Crippen molar-refractivity contribution in [3.8, 4) is 0 Å². The minimum Gasteiger partial charge on any atom is -0.324 e. The van der Waals surface area contributed by atoms with Crippen LogP contribution in [0.3, 0.4) is 0 Å². The Morgan fingerprint density at radius 2 is 1.94 bits per heavy atom. The van der Waals surface area contributed by atoms with Crippen molar-refractivity contribution in [2.75, 3.05) is 0 Å². The molecule has 1 fully saturated rings. The Hall–Kier alpha value is -0.600. The first kappa shape index (κ1) is 13.8. The van der Waals surface area contributed by atoms with Gasteiger partial charge in [-0.25, -0.2) is 4.39 Å². The lowest BCUT2D eigenvalue weighted by molar-refractivity contribution is 0.0982. The molecule has 2 N–H and O–H groups in total. The normalized spacial score (nSPS) is 27.2. The monoisotopic (exact) mass is 269 g/mol. The molecule has 1 aliphatic carbocycles. The Labute approximate surface area is 114 Å². The number of nitrogens with two attached hydrogens (primary N) is 1. The lowest BCUT2D eigenvalue weighted by Gasteiger charge is -2.48. The zero-order valence-electron chi connectivity index (χ0n) is 11.1. The smallest absolute Gasteiger partial charge is 0.126 e. The van der Waals surface area contributed by atoms with E-state index in [0.717, 1.165) is 19.3 Å².